The van der Waals surface area contributed by atoms with Crippen molar-refractivity contribution in [1.82, 2.24) is 4.90 Å². The summed E-state index contributed by atoms with van der Waals surface area (Å²) in [6.07, 6.45) is 3.85. The van der Waals surface area contributed by atoms with Crippen LogP contribution in [0.1, 0.15) is 18.4 Å². The molecule has 1 fully saturated rings. The van der Waals surface area contributed by atoms with E-state index in [2.05, 4.69) is 10.1 Å². The van der Waals surface area contributed by atoms with Crippen LogP contribution in [0.25, 0.3) is 6.08 Å². The minimum Gasteiger partial charge on any atom is -0.454 e. The van der Waals surface area contributed by atoms with Crippen molar-refractivity contribution in [2.45, 2.75) is 19.5 Å². The molecule has 0 aromatic heterocycles. The maximum atomic E-state index is 12.6. The van der Waals surface area contributed by atoms with E-state index in [1.807, 2.05) is 0 Å². The van der Waals surface area contributed by atoms with Crippen molar-refractivity contribution in [1.29, 1.82) is 0 Å². The minimum atomic E-state index is -2.94. The van der Waals surface area contributed by atoms with Crippen molar-refractivity contribution in [2.75, 3.05) is 25.2 Å². The first-order chi connectivity index (χ1) is 15.5. The summed E-state index contributed by atoms with van der Waals surface area (Å²) < 4.78 is 40.1. The van der Waals surface area contributed by atoms with Gasteiger partial charge in [0.05, 0.1) is 0 Å². The number of carbonyl (C=O) groups excluding carboxylic acids is 2. The summed E-state index contributed by atoms with van der Waals surface area (Å²) in [6, 6.07) is 11.5. The third-order valence-electron chi connectivity index (χ3n) is 5.36. The predicted molar refractivity (Wildman–Crippen MR) is 113 cm³/mol. The third kappa shape index (κ3) is 5.16. The highest BCUT2D eigenvalue weighted by atomic mass is 19.3. The van der Waals surface area contributed by atoms with Gasteiger partial charge in [0.25, 0.3) is 0 Å². The molecule has 0 unspecified atom stereocenters. The summed E-state index contributed by atoms with van der Waals surface area (Å²) in [5, 5.41) is 2.89. The monoisotopic (exact) mass is 444 g/mol. The molecule has 0 radical (unpaired) electrons. The SMILES string of the molecule is O=C(Nc1ccc2c(c1)OCO2)C1CCN(C(=O)/C=C/c2ccccc2OC(F)F)CC1. The van der Waals surface area contributed by atoms with Gasteiger partial charge in [-0.25, -0.2) is 0 Å². The summed E-state index contributed by atoms with van der Waals surface area (Å²) in [7, 11) is 0. The van der Waals surface area contributed by atoms with Gasteiger partial charge in [-0.2, -0.15) is 8.78 Å². The number of rotatable bonds is 6. The smallest absolute Gasteiger partial charge is 0.387 e. The fourth-order valence-corrected chi connectivity index (χ4v) is 3.67. The number of benzene rings is 2. The molecule has 2 aliphatic heterocycles. The van der Waals surface area contributed by atoms with Crippen LogP contribution in [0.4, 0.5) is 14.5 Å². The van der Waals surface area contributed by atoms with Gasteiger partial charge < -0.3 is 24.4 Å². The van der Waals surface area contributed by atoms with Gasteiger partial charge >= 0.3 is 6.61 Å². The predicted octanol–water partition coefficient (Wildman–Crippen LogP) is 3.91. The number of alkyl halides is 2. The topological polar surface area (TPSA) is 77.1 Å². The van der Waals surface area contributed by atoms with Crippen LogP contribution in [0.15, 0.2) is 48.5 Å². The highest BCUT2D eigenvalue weighted by molar-refractivity contribution is 5.94. The number of ether oxygens (including phenoxy) is 3. The first-order valence-corrected chi connectivity index (χ1v) is 10.2. The Morgan fingerprint density at radius 3 is 2.62 bits per heavy atom. The van der Waals surface area contributed by atoms with Crippen LogP contribution in [0.5, 0.6) is 17.2 Å². The Hall–Kier alpha value is -3.62. The lowest BCUT2D eigenvalue weighted by molar-refractivity contribution is -0.130. The summed E-state index contributed by atoms with van der Waals surface area (Å²) >= 11 is 0. The lowest BCUT2D eigenvalue weighted by Crippen LogP contribution is -2.40. The summed E-state index contributed by atoms with van der Waals surface area (Å²) in [6.45, 7) is -1.92. The van der Waals surface area contributed by atoms with E-state index in [-0.39, 0.29) is 30.3 Å². The van der Waals surface area contributed by atoms with Gasteiger partial charge in [0.2, 0.25) is 18.6 Å². The Kier molecular flexibility index (Phi) is 6.53. The van der Waals surface area contributed by atoms with Gasteiger partial charge in [0.1, 0.15) is 5.75 Å². The van der Waals surface area contributed by atoms with Crippen LogP contribution in [0.2, 0.25) is 0 Å². The molecule has 2 aromatic carbocycles. The minimum absolute atomic E-state index is 0.00504. The van der Waals surface area contributed by atoms with Crippen LogP contribution >= 0.6 is 0 Å². The molecule has 0 saturated carbocycles. The fraction of sp³-hybridized carbons (Fsp3) is 0.304. The summed E-state index contributed by atoms with van der Waals surface area (Å²) in [4.78, 5) is 26.7. The lowest BCUT2D eigenvalue weighted by atomic mass is 9.95. The molecule has 32 heavy (non-hydrogen) atoms. The van der Waals surface area contributed by atoms with E-state index in [0.29, 0.717) is 48.7 Å². The van der Waals surface area contributed by atoms with Crippen molar-refractivity contribution in [3.63, 3.8) is 0 Å². The Morgan fingerprint density at radius 2 is 1.84 bits per heavy atom. The third-order valence-corrected chi connectivity index (χ3v) is 5.36. The van der Waals surface area contributed by atoms with Crippen molar-refractivity contribution in [3.05, 3.63) is 54.1 Å². The van der Waals surface area contributed by atoms with Gasteiger partial charge in [-0.05, 0) is 37.1 Å². The molecule has 0 bridgehead atoms. The van der Waals surface area contributed by atoms with E-state index in [1.165, 1.54) is 18.2 Å². The van der Waals surface area contributed by atoms with Gasteiger partial charge in [0.15, 0.2) is 11.5 Å². The number of nitrogens with zero attached hydrogens (tertiary/aromatic N) is 1. The molecular weight excluding hydrogens is 422 g/mol. The van der Waals surface area contributed by atoms with E-state index < -0.39 is 6.61 Å². The molecule has 7 nitrogen and oxygen atoms in total. The Morgan fingerprint density at radius 1 is 1.09 bits per heavy atom. The average Bonchev–Trinajstić information content (AvgIpc) is 3.26. The molecule has 0 atom stereocenters. The zero-order chi connectivity index (χ0) is 22.5. The van der Waals surface area contributed by atoms with E-state index in [9.17, 15) is 18.4 Å². The number of fused-ring (bicyclic) bond motifs is 1. The van der Waals surface area contributed by atoms with Crippen LogP contribution in [0.3, 0.4) is 0 Å². The Labute approximate surface area is 183 Å². The van der Waals surface area contributed by atoms with Gasteiger partial charge in [-0.15, -0.1) is 0 Å². The van der Waals surface area contributed by atoms with E-state index in [4.69, 9.17) is 9.47 Å². The maximum absolute atomic E-state index is 12.6. The first-order valence-electron chi connectivity index (χ1n) is 10.2. The molecule has 2 heterocycles. The molecule has 0 aliphatic carbocycles. The average molecular weight is 444 g/mol. The normalized spacial score (nSPS) is 15.9. The second-order valence-corrected chi connectivity index (χ2v) is 7.41. The Bertz CT molecular complexity index is 1020. The highest BCUT2D eigenvalue weighted by Crippen LogP contribution is 2.34. The first kappa shape index (κ1) is 21.6. The quantitative estimate of drug-likeness (QED) is 0.684. The van der Waals surface area contributed by atoms with Crippen LogP contribution in [0, 0.1) is 5.92 Å². The number of halogens is 2. The van der Waals surface area contributed by atoms with Crippen LogP contribution < -0.4 is 19.5 Å². The number of carbonyl (C=O) groups is 2. The van der Waals surface area contributed by atoms with E-state index >= 15 is 0 Å². The number of piperidine rings is 1. The number of hydrogen-bond acceptors (Lipinski definition) is 5. The fourth-order valence-electron chi connectivity index (χ4n) is 3.67. The summed E-state index contributed by atoms with van der Waals surface area (Å²) in [5.41, 5.74) is 1.02. The maximum Gasteiger partial charge on any atom is 0.387 e. The molecule has 0 spiro atoms. The molecule has 2 aliphatic rings. The van der Waals surface area contributed by atoms with Gasteiger partial charge in [0, 0.05) is 42.4 Å². The standard InChI is InChI=1S/C23H22F2N2O5/c24-23(25)32-18-4-2-1-3-15(18)5-8-21(28)27-11-9-16(10-12-27)22(29)26-17-6-7-19-20(13-17)31-14-30-19/h1-8,13,16,23H,9-12,14H2,(H,26,29)/b8-5+. The number of para-hydroxylation sites is 1. The number of hydrogen-bond donors (Lipinski definition) is 1. The molecule has 9 heteroatoms. The zero-order valence-electron chi connectivity index (χ0n) is 17.1. The summed E-state index contributed by atoms with van der Waals surface area (Å²) in [5.74, 6) is 0.678. The van der Waals surface area contributed by atoms with Crippen LogP contribution in [-0.2, 0) is 9.59 Å². The molecular formula is C23H22F2N2O5. The molecule has 1 saturated heterocycles. The lowest BCUT2D eigenvalue weighted by Gasteiger charge is -2.30. The number of amides is 2. The van der Waals surface area contributed by atoms with Gasteiger partial charge in [-0.3, -0.25) is 9.59 Å². The number of anilines is 1. The second kappa shape index (κ2) is 9.67. The largest absolute Gasteiger partial charge is 0.454 e. The van der Waals surface area contributed by atoms with E-state index in [0.717, 1.165) is 0 Å². The van der Waals surface area contributed by atoms with Crippen molar-refractivity contribution in [3.8, 4) is 17.2 Å². The zero-order valence-corrected chi connectivity index (χ0v) is 17.1. The van der Waals surface area contributed by atoms with Gasteiger partial charge in [-0.1, -0.05) is 18.2 Å². The van der Waals surface area contributed by atoms with E-state index in [1.54, 1.807) is 41.3 Å². The van der Waals surface area contributed by atoms with Crippen LogP contribution in [-0.4, -0.2) is 43.2 Å². The Balaban J connectivity index is 1.29. The number of nitrogens with one attached hydrogen (secondary N) is 1. The van der Waals surface area contributed by atoms with Crippen molar-refractivity contribution < 1.29 is 32.6 Å². The molecule has 1 N–H and O–H groups in total. The highest BCUT2D eigenvalue weighted by Gasteiger charge is 2.27. The molecule has 4 rings (SSSR count). The van der Waals surface area contributed by atoms with Crippen molar-refractivity contribution >= 4 is 23.6 Å². The molecule has 168 valence electrons. The van der Waals surface area contributed by atoms with Crippen molar-refractivity contribution in [2.24, 2.45) is 5.92 Å². The molecule has 2 amide bonds. The second-order valence-electron chi connectivity index (χ2n) is 7.41. The molecule has 2 aromatic rings. The number of likely N-dealkylation sites (tertiary alicyclic amines) is 1.